The quantitative estimate of drug-likeness (QED) is 0.336. The predicted octanol–water partition coefficient (Wildman–Crippen LogP) is 4.80. The van der Waals surface area contributed by atoms with Crippen molar-refractivity contribution in [1.82, 2.24) is 9.91 Å². The fourth-order valence-electron chi connectivity index (χ4n) is 4.76. The van der Waals surface area contributed by atoms with Crippen LogP contribution in [-0.2, 0) is 9.53 Å². The molecule has 0 fully saturated rings. The molecule has 3 aromatic carbocycles. The minimum atomic E-state index is -0.390. The SMILES string of the molecule is COCCN(CC(=O)N1N=C(c2ccc(C)c(C)c2)C[C@@H]1c1ccc(OC)c(OC)c1)C(=O)c1ccc(OC)cc1. The molecule has 41 heavy (non-hydrogen) atoms. The largest absolute Gasteiger partial charge is 0.497 e. The van der Waals surface area contributed by atoms with E-state index in [2.05, 4.69) is 26.0 Å². The zero-order valence-corrected chi connectivity index (χ0v) is 24.5. The maximum absolute atomic E-state index is 13.9. The summed E-state index contributed by atoms with van der Waals surface area (Å²) in [5, 5.41) is 6.31. The van der Waals surface area contributed by atoms with E-state index in [4.69, 9.17) is 24.0 Å². The van der Waals surface area contributed by atoms with Crippen LogP contribution >= 0.6 is 0 Å². The second-order valence-corrected chi connectivity index (χ2v) is 9.87. The highest BCUT2D eigenvalue weighted by Crippen LogP contribution is 2.37. The van der Waals surface area contributed by atoms with Crippen molar-refractivity contribution in [1.29, 1.82) is 0 Å². The van der Waals surface area contributed by atoms with Crippen LogP contribution in [0.15, 0.2) is 65.8 Å². The smallest absolute Gasteiger partial charge is 0.262 e. The van der Waals surface area contributed by atoms with Gasteiger partial charge in [0.15, 0.2) is 11.5 Å². The number of nitrogens with zero attached hydrogens (tertiary/aromatic N) is 3. The standard InChI is InChI=1S/C32H37N3O6/c1-21-7-8-24(17-22(21)2)27-19-28(25-11-14-29(40-5)30(18-25)41-6)35(33-27)31(36)20-34(15-16-38-3)32(37)23-9-12-26(39-4)13-10-23/h7-14,17-18,28H,15-16,19-20H2,1-6H3/t28-/m1/s1. The predicted molar refractivity (Wildman–Crippen MR) is 157 cm³/mol. The molecule has 4 rings (SSSR count). The van der Waals surface area contributed by atoms with Crippen LogP contribution in [0, 0.1) is 13.8 Å². The molecule has 0 spiro atoms. The summed E-state index contributed by atoms with van der Waals surface area (Å²) in [7, 11) is 6.29. The van der Waals surface area contributed by atoms with Crippen LogP contribution in [-0.4, -0.2) is 75.6 Å². The number of amides is 2. The summed E-state index contributed by atoms with van der Waals surface area (Å²) in [6.07, 6.45) is 0.508. The zero-order chi connectivity index (χ0) is 29.5. The van der Waals surface area contributed by atoms with Gasteiger partial charge in [0.25, 0.3) is 11.8 Å². The third kappa shape index (κ3) is 6.69. The third-order valence-corrected chi connectivity index (χ3v) is 7.31. The summed E-state index contributed by atoms with van der Waals surface area (Å²) in [5.41, 5.74) is 5.39. The summed E-state index contributed by atoms with van der Waals surface area (Å²) in [6.45, 7) is 4.48. The third-order valence-electron chi connectivity index (χ3n) is 7.31. The van der Waals surface area contributed by atoms with Crippen LogP contribution in [0.2, 0.25) is 0 Å². The molecule has 0 bridgehead atoms. The van der Waals surface area contributed by atoms with E-state index < -0.39 is 0 Å². The number of carbonyl (C=O) groups excluding carboxylic acids is 2. The molecule has 0 saturated heterocycles. The van der Waals surface area contributed by atoms with E-state index in [0.29, 0.717) is 29.2 Å². The number of hydrazone groups is 1. The first-order chi connectivity index (χ1) is 19.8. The minimum Gasteiger partial charge on any atom is -0.497 e. The minimum absolute atomic E-state index is 0.165. The van der Waals surface area contributed by atoms with Crippen LogP contribution in [0.5, 0.6) is 17.2 Å². The van der Waals surface area contributed by atoms with Gasteiger partial charge in [-0.1, -0.05) is 18.2 Å². The molecule has 9 heteroatoms. The van der Waals surface area contributed by atoms with Crippen molar-refractivity contribution >= 4 is 17.5 Å². The van der Waals surface area contributed by atoms with Gasteiger partial charge in [0.05, 0.1) is 39.7 Å². The highest BCUT2D eigenvalue weighted by Gasteiger charge is 2.35. The van der Waals surface area contributed by atoms with Crippen molar-refractivity contribution in [2.45, 2.75) is 26.3 Å². The summed E-state index contributed by atoms with van der Waals surface area (Å²) < 4.78 is 21.4. The fraction of sp³-hybridized carbons (Fsp3) is 0.344. The lowest BCUT2D eigenvalue weighted by Crippen LogP contribution is -2.42. The number of rotatable bonds is 11. The van der Waals surface area contributed by atoms with Crippen molar-refractivity contribution in [2.24, 2.45) is 5.10 Å². The maximum atomic E-state index is 13.9. The van der Waals surface area contributed by atoms with Gasteiger partial charge in [-0.3, -0.25) is 9.59 Å². The summed E-state index contributed by atoms with van der Waals surface area (Å²) in [5.74, 6) is 1.22. The number of benzene rings is 3. The maximum Gasteiger partial charge on any atom is 0.262 e. The lowest BCUT2D eigenvalue weighted by molar-refractivity contribution is -0.133. The molecule has 0 aliphatic carbocycles. The van der Waals surface area contributed by atoms with Crippen LogP contribution in [0.1, 0.15) is 45.1 Å². The van der Waals surface area contributed by atoms with Gasteiger partial charge in [-0.25, -0.2) is 5.01 Å². The van der Waals surface area contributed by atoms with Crippen LogP contribution in [0.4, 0.5) is 0 Å². The molecule has 0 unspecified atom stereocenters. The topological polar surface area (TPSA) is 89.9 Å². The van der Waals surface area contributed by atoms with Crippen molar-refractivity contribution < 1.29 is 28.5 Å². The molecule has 2 amide bonds. The van der Waals surface area contributed by atoms with E-state index in [1.165, 1.54) is 15.5 Å². The van der Waals surface area contributed by atoms with Crippen molar-refractivity contribution in [3.05, 3.63) is 88.5 Å². The van der Waals surface area contributed by atoms with E-state index in [-0.39, 0.29) is 37.6 Å². The Labute approximate surface area is 241 Å². The summed E-state index contributed by atoms with van der Waals surface area (Å²) >= 11 is 0. The Kier molecular flexibility index (Phi) is 9.62. The van der Waals surface area contributed by atoms with Gasteiger partial charge in [-0.2, -0.15) is 5.10 Å². The monoisotopic (exact) mass is 559 g/mol. The van der Waals surface area contributed by atoms with Gasteiger partial charge >= 0.3 is 0 Å². The Balaban J connectivity index is 1.67. The molecule has 1 atom stereocenters. The second-order valence-electron chi connectivity index (χ2n) is 9.87. The first kappa shape index (κ1) is 29.6. The van der Waals surface area contributed by atoms with Gasteiger partial charge in [0.2, 0.25) is 0 Å². The van der Waals surface area contributed by atoms with Gasteiger partial charge in [0, 0.05) is 25.6 Å². The highest BCUT2D eigenvalue weighted by atomic mass is 16.5. The molecule has 1 aliphatic rings. The van der Waals surface area contributed by atoms with Gasteiger partial charge in [-0.15, -0.1) is 0 Å². The summed E-state index contributed by atoms with van der Waals surface area (Å²) in [4.78, 5) is 28.9. The number of aryl methyl sites for hydroxylation is 2. The Morgan fingerprint density at radius 1 is 0.878 bits per heavy atom. The van der Waals surface area contributed by atoms with Crippen molar-refractivity contribution in [3.63, 3.8) is 0 Å². The average molecular weight is 560 g/mol. The summed E-state index contributed by atoms with van der Waals surface area (Å²) in [6, 6.07) is 18.2. The zero-order valence-electron chi connectivity index (χ0n) is 24.5. The Hall–Kier alpha value is -4.37. The molecular weight excluding hydrogens is 522 g/mol. The van der Waals surface area contributed by atoms with E-state index >= 15 is 0 Å². The van der Waals surface area contributed by atoms with Crippen LogP contribution in [0.3, 0.4) is 0 Å². The molecule has 0 N–H and O–H groups in total. The molecule has 1 aliphatic heterocycles. The molecule has 1 heterocycles. The number of carbonyl (C=O) groups is 2. The Morgan fingerprint density at radius 3 is 2.24 bits per heavy atom. The molecular formula is C32H37N3O6. The molecule has 0 aromatic heterocycles. The van der Waals surface area contributed by atoms with Crippen molar-refractivity contribution in [3.8, 4) is 17.2 Å². The number of ether oxygens (including phenoxy) is 4. The molecule has 216 valence electrons. The van der Waals surface area contributed by atoms with Crippen LogP contribution < -0.4 is 14.2 Å². The Morgan fingerprint density at radius 2 is 1.61 bits per heavy atom. The molecule has 9 nitrogen and oxygen atoms in total. The Bertz CT molecular complexity index is 1420. The van der Waals surface area contributed by atoms with Gasteiger partial charge in [0.1, 0.15) is 12.3 Å². The normalized spacial score (nSPS) is 14.4. The number of hydrogen-bond acceptors (Lipinski definition) is 7. The van der Waals surface area contributed by atoms with Crippen LogP contribution in [0.25, 0.3) is 0 Å². The average Bonchev–Trinajstić information content (AvgIpc) is 3.45. The molecule has 0 radical (unpaired) electrons. The number of hydrogen-bond donors (Lipinski definition) is 0. The first-order valence-electron chi connectivity index (χ1n) is 13.4. The van der Waals surface area contributed by atoms with E-state index in [1.54, 1.807) is 52.7 Å². The number of methoxy groups -OCH3 is 4. The van der Waals surface area contributed by atoms with E-state index in [0.717, 1.165) is 22.4 Å². The lowest BCUT2D eigenvalue weighted by atomic mass is 9.96. The fourth-order valence-corrected chi connectivity index (χ4v) is 4.76. The highest BCUT2D eigenvalue weighted by molar-refractivity contribution is 6.04. The molecule has 3 aromatic rings. The first-order valence-corrected chi connectivity index (χ1v) is 13.4. The van der Waals surface area contributed by atoms with E-state index in [1.807, 2.05) is 24.3 Å². The molecule has 0 saturated carbocycles. The van der Waals surface area contributed by atoms with Crippen molar-refractivity contribution in [2.75, 3.05) is 48.1 Å². The second kappa shape index (κ2) is 13.3. The van der Waals surface area contributed by atoms with Gasteiger partial charge in [-0.05, 0) is 78.6 Å². The van der Waals surface area contributed by atoms with Gasteiger partial charge < -0.3 is 23.8 Å². The van der Waals surface area contributed by atoms with E-state index in [9.17, 15) is 9.59 Å². The lowest BCUT2D eigenvalue weighted by Gasteiger charge is -2.27.